The van der Waals surface area contributed by atoms with E-state index in [1.54, 1.807) is 7.11 Å². The predicted molar refractivity (Wildman–Crippen MR) is 121 cm³/mol. The van der Waals surface area contributed by atoms with Crippen molar-refractivity contribution in [2.75, 3.05) is 25.1 Å². The van der Waals surface area contributed by atoms with E-state index in [-0.39, 0.29) is 5.83 Å². The first kappa shape index (κ1) is 24.0. The number of anilines is 1. The zero-order chi connectivity index (χ0) is 20.6. The summed E-state index contributed by atoms with van der Waals surface area (Å²) in [5, 5.41) is 0. The summed E-state index contributed by atoms with van der Waals surface area (Å²) in [5.74, 6) is 0.553. The minimum absolute atomic E-state index is 0.307. The molecule has 1 rings (SSSR count). The van der Waals surface area contributed by atoms with Gasteiger partial charge in [0.1, 0.15) is 11.6 Å². The number of hydrogen-bond donors (Lipinski definition) is 0. The first-order valence-electron chi connectivity index (χ1n) is 10.6. The molecule has 0 saturated heterocycles. The fourth-order valence-electron chi connectivity index (χ4n) is 3.17. The maximum Gasteiger partial charge on any atom is 0.122 e. The number of rotatable bonds is 15. The van der Waals surface area contributed by atoms with E-state index < -0.39 is 0 Å². The molecule has 156 valence electrons. The van der Waals surface area contributed by atoms with Crippen LogP contribution in [0.15, 0.2) is 60.5 Å². The van der Waals surface area contributed by atoms with Crippen molar-refractivity contribution in [1.29, 1.82) is 0 Å². The van der Waals surface area contributed by atoms with Crippen molar-refractivity contribution in [3.8, 4) is 5.75 Å². The molecule has 0 aliphatic carbocycles. The third-order valence-electron chi connectivity index (χ3n) is 4.88. The highest BCUT2D eigenvalue weighted by Gasteiger charge is 2.07. The molecule has 0 aliphatic heterocycles. The van der Waals surface area contributed by atoms with Crippen molar-refractivity contribution in [2.24, 2.45) is 0 Å². The molecule has 0 spiro atoms. The molecule has 0 radical (unpaired) electrons. The van der Waals surface area contributed by atoms with E-state index in [1.807, 2.05) is 25.1 Å². The topological polar surface area (TPSA) is 12.5 Å². The molecule has 0 atom stereocenters. The molecule has 0 fully saturated rings. The van der Waals surface area contributed by atoms with Gasteiger partial charge >= 0.3 is 0 Å². The highest BCUT2D eigenvalue weighted by atomic mass is 19.1. The minimum Gasteiger partial charge on any atom is -0.497 e. The zero-order valence-corrected chi connectivity index (χ0v) is 18.1. The van der Waals surface area contributed by atoms with Crippen molar-refractivity contribution >= 4 is 5.69 Å². The van der Waals surface area contributed by atoms with E-state index in [2.05, 4.69) is 30.5 Å². The van der Waals surface area contributed by atoms with Gasteiger partial charge in [-0.1, -0.05) is 70.1 Å². The van der Waals surface area contributed by atoms with E-state index >= 15 is 0 Å². The lowest BCUT2D eigenvalue weighted by molar-refractivity contribution is 0.415. The van der Waals surface area contributed by atoms with Crippen molar-refractivity contribution in [3.63, 3.8) is 0 Å². The van der Waals surface area contributed by atoms with Crippen molar-refractivity contribution in [3.05, 3.63) is 60.5 Å². The Bertz CT molecular complexity index is 603. The zero-order valence-electron chi connectivity index (χ0n) is 18.1. The summed E-state index contributed by atoms with van der Waals surface area (Å²) < 4.78 is 18.6. The third-order valence-corrected chi connectivity index (χ3v) is 4.88. The van der Waals surface area contributed by atoms with Gasteiger partial charge in [-0.15, -0.1) is 0 Å². The number of allylic oxidation sites excluding steroid dienone is 4. The Hall–Kier alpha value is -2.03. The number of hydrogen-bond acceptors (Lipinski definition) is 2. The van der Waals surface area contributed by atoms with E-state index in [4.69, 9.17) is 4.74 Å². The van der Waals surface area contributed by atoms with Gasteiger partial charge in [0.05, 0.1) is 7.11 Å². The lowest BCUT2D eigenvalue weighted by Gasteiger charge is -2.25. The van der Waals surface area contributed by atoms with Crippen LogP contribution in [0.4, 0.5) is 10.1 Å². The Morgan fingerprint density at radius 3 is 2.18 bits per heavy atom. The maximum absolute atomic E-state index is 13.3. The van der Waals surface area contributed by atoms with Crippen LogP contribution in [-0.2, 0) is 0 Å². The van der Waals surface area contributed by atoms with Crippen LogP contribution < -0.4 is 9.64 Å². The van der Waals surface area contributed by atoms with Crippen LogP contribution in [0.3, 0.4) is 0 Å². The lowest BCUT2D eigenvalue weighted by atomic mass is 10.1. The normalized spacial score (nSPS) is 12.1. The van der Waals surface area contributed by atoms with Crippen LogP contribution in [0, 0.1) is 0 Å². The molecule has 2 nitrogen and oxygen atoms in total. The summed E-state index contributed by atoms with van der Waals surface area (Å²) in [6.07, 6.45) is 15.0. The predicted octanol–water partition coefficient (Wildman–Crippen LogP) is 7.63. The van der Waals surface area contributed by atoms with Crippen molar-refractivity contribution in [2.45, 2.75) is 65.2 Å². The molecule has 1 aromatic rings. The Kier molecular flexibility index (Phi) is 12.8. The number of nitrogens with zero attached hydrogens (tertiary/aromatic N) is 1. The molecular weight excluding hydrogens is 349 g/mol. The quantitative estimate of drug-likeness (QED) is 0.226. The second-order valence-electron chi connectivity index (χ2n) is 7.36. The molecule has 0 N–H and O–H groups in total. The SMILES string of the molecule is C=C/C(F)=C\C=C(/C)CN(CCCCCCCCCC)c1ccc(OC)cc1. The van der Waals surface area contributed by atoms with Crippen molar-refractivity contribution < 1.29 is 9.13 Å². The number of unbranched alkanes of at least 4 members (excludes halogenated alkanes) is 7. The van der Waals surface area contributed by atoms with E-state index in [9.17, 15) is 4.39 Å². The minimum atomic E-state index is -0.307. The monoisotopic (exact) mass is 387 g/mol. The van der Waals surface area contributed by atoms with Crippen LogP contribution in [0.25, 0.3) is 0 Å². The molecule has 1 aromatic carbocycles. The van der Waals surface area contributed by atoms with Gasteiger partial charge in [-0.3, -0.25) is 0 Å². The number of halogens is 1. The first-order valence-corrected chi connectivity index (χ1v) is 10.6. The van der Waals surface area contributed by atoms with Gasteiger partial charge in [-0.05, 0) is 49.8 Å². The Morgan fingerprint density at radius 2 is 1.61 bits per heavy atom. The Morgan fingerprint density at radius 1 is 1.00 bits per heavy atom. The highest BCUT2D eigenvalue weighted by molar-refractivity contribution is 5.50. The average Bonchev–Trinajstić information content (AvgIpc) is 2.73. The Balaban J connectivity index is 2.61. The molecule has 0 unspecified atom stereocenters. The third kappa shape index (κ3) is 10.3. The van der Waals surface area contributed by atoms with Gasteiger partial charge in [0.25, 0.3) is 0 Å². The molecule has 0 heterocycles. The largest absolute Gasteiger partial charge is 0.497 e. The van der Waals surface area contributed by atoms with Gasteiger partial charge < -0.3 is 9.64 Å². The van der Waals surface area contributed by atoms with Gasteiger partial charge in [0, 0.05) is 18.8 Å². The number of ether oxygens (including phenoxy) is 1. The van der Waals surface area contributed by atoms with E-state index in [0.717, 1.165) is 24.4 Å². The van der Waals surface area contributed by atoms with Crippen LogP contribution in [0.5, 0.6) is 5.75 Å². The maximum atomic E-state index is 13.3. The van der Waals surface area contributed by atoms with Crippen LogP contribution in [-0.4, -0.2) is 20.2 Å². The van der Waals surface area contributed by atoms with Gasteiger partial charge in [-0.2, -0.15) is 0 Å². The smallest absolute Gasteiger partial charge is 0.122 e. The first-order chi connectivity index (χ1) is 13.6. The molecule has 0 aliphatic rings. The summed E-state index contributed by atoms with van der Waals surface area (Å²) in [5.41, 5.74) is 2.29. The average molecular weight is 388 g/mol. The summed E-state index contributed by atoms with van der Waals surface area (Å²) in [4.78, 5) is 2.36. The second-order valence-corrected chi connectivity index (χ2v) is 7.36. The Labute approximate surface area is 171 Å². The number of methoxy groups -OCH3 is 1. The van der Waals surface area contributed by atoms with Crippen molar-refractivity contribution in [1.82, 2.24) is 0 Å². The second kappa shape index (κ2) is 15.0. The molecule has 28 heavy (non-hydrogen) atoms. The fraction of sp³-hybridized carbons (Fsp3) is 0.520. The molecule has 0 aromatic heterocycles. The van der Waals surface area contributed by atoms with E-state index in [1.165, 1.54) is 69.2 Å². The van der Waals surface area contributed by atoms with Gasteiger partial charge in [-0.25, -0.2) is 4.39 Å². The molecule has 3 heteroatoms. The van der Waals surface area contributed by atoms with Crippen LogP contribution in [0.1, 0.15) is 65.2 Å². The van der Waals surface area contributed by atoms with E-state index in [0.29, 0.717) is 0 Å². The number of benzene rings is 1. The standard InChI is InChI=1S/C25H38FNO/c1-5-7-8-9-10-11-12-13-20-27(21-22(3)14-15-23(26)6-2)24-16-18-25(28-4)19-17-24/h6,14-19H,2,5,7-13,20-21H2,1,3-4H3/b22-14+,23-15+. The molecule has 0 amide bonds. The summed E-state index contributed by atoms with van der Waals surface area (Å²) in [6, 6.07) is 8.17. The summed E-state index contributed by atoms with van der Waals surface area (Å²) >= 11 is 0. The molecule has 0 bridgehead atoms. The molecular formula is C25H38FNO. The van der Waals surface area contributed by atoms with Crippen LogP contribution >= 0.6 is 0 Å². The molecule has 0 saturated carbocycles. The summed E-state index contributed by atoms with van der Waals surface area (Å²) in [6.45, 7) is 9.53. The van der Waals surface area contributed by atoms with Crippen LogP contribution in [0.2, 0.25) is 0 Å². The van der Waals surface area contributed by atoms with Gasteiger partial charge in [0.2, 0.25) is 0 Å². The highest BCUT2D eigenvalue weighted by Crippen LogP contribution is 2.21. The summed E-state index contributed by atoms with van der Waals surface area (Å²) in [7, 11) is 1.68. The lowest BCUT2D eigenvalue weighted by Crippen LogP contribution is -2.26. The fourth-order valence-corrected chi connectivity index (χ4v) is 3.17. The van der Waals surface area contributed by atoms with Gasteiger partial charge in [0.15, 0.2) is 0 Å².